The number of hydrogen-bond donors (Lipinski definition) is 1. The van der Waals surface area contributed by atoms with Crippen LogP contribution in [0.4, 0.5) is 8.78 Å². The van der Waals surface area contributed by atoms with Gasteiger partial charge in [0.15, 0.2) is 0 Å². The molecule has 0 heterocycles. The van der Waals surface area contributed by atoms with Gasteiger partial charge in [-0.05, 0) is 20.4 Å². The van der Waals surface area contributed by atoms with Gasteiger partial charge in [-0.3, -0.25) is 4.79 Å². The van der Waals surface area contributed by atoms with Crippen LogP contribution >= 0.6 is 0 Å². The average Bonchev–Trinajstić information content (AvgIpc) is 2.15. The zero-order chi connectivity index (χ0) is 11.1. The van der Waals surface area contributed by atoms with E-state index in [9.17, 15) is 13.6 Å². The lowest BCUT2D eigenvalue weighted by atomic mass is 10.2. The van der Waals surface area contributed by atoms with E-state index in [0.717, 1.165) is 6.42 Å². The molecule has 0 radical (unpaired) electrons. The Morgan fingerprint density at radius 1 is 1.50 bits per heavy atom. The summed E-state index contributed by atoms with van der Waals surface area (Å²) in [6, 6.07) is 0.401. The Morgan fingerprint density at radius 3 is 2.50 bits per heavy atom. The van der Waals surface area contributed by atoms with Crippen molar-refractivity contribution in [3.63, 3.8) is 0 Å². The van der Waals surface area contributed by atoms with Crippen molar-refractivity contribution in [2.24, 2.45) is 0 Å². The normalized spacial score (nSPS) is 13.4. The van der Waals surface area contributed by atoms with E-state index < -0.39 is 12.3 Å². The molecule has 0 saturated carbocycles. The first-order chi connectivity index (χ1) is 6.49. The van der Waals surface area contributed by atoms with Gasteiger partial charge < -0.3 is 10.2 Å². The molecule has 0 saturated heterocycles. The Kier molecular flexibility index (Phi) is 6.36. The van der Waals surface area contributed by atoms with Crippen molar-refractivity contribution in [2.45, 2.75) is 32.7 Å². The summed E-state index contributed by atoms with van der Waals surface area (Å²) >= 11 is 0. The molecule has 0 aromatic heterocycles. The molecule has 0 bridgehead atoms. The van der Waals surface area contributed by atoms with Crippen LogP contribution in [-0.4, -0.2) is 43.4 Å². The van der Waals surface area contributed by atoms with Crippen LogP contribution in [0.2, 0.25) is 0 Å². The van der Waals surface area contributed by atoms with Gasteiger partial charge in [0.05, 0.1) is 0 Å². The Morgan fingerprint density at radius 2 is 2.07 bits per heavy atom. The predicted octanol–water partition coefficient (Wildman–Crippen LogP) is 1.10. The van der Waals surface area contributed by atoms with E-state index >= 15 is 0 Å². The summed E-state index contributed by atoms with van der Waals surface area (Å²) in [6.07, 6.45) is -1.91. The van der Waals surface area contributed by atoms with Crippen molar-refractivity contribution in [1.29, 1.82) is 0 Å². The first-order valence-corrected chi connectivity index (χ1v) is 4.75. The fourth-order valence-corrected chi connectivity index (χ4v) is 0.965. The molecule has 0 rings (SSSR count). The van der Waals surface area contributed by atoms with Crippen molar-refractivity contribution in [1.82, 2.24) is 10.2 Å². The van der Waals surface area contributed by atoms with Gasteiger partial charge >= 0.3 is 6.43 Å². The van der Waals surface area contributed by atoms with Gasteiger partial charge in [0, 0.05) is 19.1 Å². The third kappa shape index (κ3) is 5.11. The van der Waals surface area contributed by atoms with Crippen LogP contribution in [0.25, 0.3) is 0 Å². The monoisotopic (exact) mass is 208 g/mol. The summed E-state index contributed by atoms with van der Waals surface area (Å²) in [5.74, 6) is -1.19. The van der Waals surface area contributed by atoms with Crippen LogP contribution in [0, 0.1) is 0 Å². The van der Waals surface area contributed by atoms with E-state index in [2.05, 4.69) is 19.2 Å². The lowest BCUT2D eigenvalue weighted by Crippen LogP contribution is -2.38. The first kappa shape index (κ1) is 13.3. The summed E-state index contributed by atoms with van der Waals surface area (Å²) in [7, 11) is 1.91. The van der Waals surface area contributed by atoms with Crippen LogP contribution in [0.1, 0.15) is 20.3 Å². The van der Waals surface area contributed by atoms with Gasteiger partial charge in [0.1, 0.15) is 0 Å². The zero-order valence-electron chi connectivity index (χ0n) is 8.89. The minimum absolute atomic E-state index is 0.268. The Balaban J connectivity index is 3.59. The number of halogens is 2. The second-order valence-electron chi connectivity index (χ2n) is 3.33. The van der Waals surface area contributed by atoms with Crippen LogP contribution in [-0.2, 0) is 4.79 Å². The van der Waals surface area contributed by atoms with Gasteiger partial charge in [0.2, 0.25) is 0 Å². The number of amides is 1. The highest BCUT2D eigenvalue weighted by Crippen LogP contribution is 1.98. The number of nitrogens with zero attached hydrogens (tertiary/aromatic N) is 1. The molecule has 1 unspecified atom stereocenters. The molecular formula is C9H18F2N2O. The zero-order valence-corrected chi connectivity index (χ0v) is 8.89. The van der Waals surface area contributed by atoms with E-state index in [0.29, 0.717) is 12.6 Å². The molecule has 3 nitrogen and oxygen atoms in total. The van der Waals surface area contributed by atoms with E-state index in [1.807, 2.05) is 11.9 Å². The van der Waals surface area contributed by atoms with Gasteiger partial charge in [-0.25, -0.2) is 0 Å². The molecule has 14 heavy (non-hydrogen) atoms. The van der Waals surface area contributed by atoms with E-state index in [1.165, 1.54) is 0 Å². The molecule has 0 aromatic carbocycles. The minimum atomic E-state index is -2.91. The van der Waals surface area contributed by atoms with Crippen molar-refractivity contribution in [3.05, 3.63) is 0 Å². The van der Waals surface area contributed by atoms with Gasteiger partial charge in [0.25, 0.3) is 5.91 Å². The van der Waals surface area contributed by atoms with E-state index in [1.54, 1.807) is 0 Å². The van der Waals surface area contributed by atoms with Crippen LogP contribution in [0.15, 0.2) is 0 Å². The van der Waals surface area contributed by atoms with Crippen LogP contribution < -0.4 is 5.32 Å². The van der Waals surface area contributed by atoms with Crippen molar-refractivity contribution >= 4 is 5.91 Å². The average molecular weight is 208 g/mol. The number of hydrogen-bond acceptors (Lipinski definition) is 2. The van der Waals surface area contributed by atoms with Crippen molar-refractivity contribution in [3.8, 4) is 0 Å². The summed E-state index contributed by atoms with van der Waals surface area (Å²) in [5.41, 5.74) is 0. The molecule has 84 valence electrons. The molecule has 0 fully saturated rings. The van der Waals surface area contributed by atoms with E-state index in [4.69, 9.17) is 0 Å². The maximum Gasteiger partial charge on any atom is 0.315 e. The smallest absolute Gasteiger partial charge is 0.315 e. The van der Waals surface area contributed by atoms with E-state index in [-0.39, 0.29) is 6.54 Å². The molecule has 1 atom stereocenters. The largest absolute Gasteiger partial charge is 0.350 e. The van der Waals surface area contributed by atoms with Crippen LogP contribution in [0.3, 0.4) is 0 Å². The molecule has 0 aliphatic carbocycles. The minimum Gasteiger partial charge on any atom is -0.350 e. The lowest BCUT2D eigenvalue weighted by Gasteiger charge is -2.23. The summed E-state index contributed by atoms with van der Waals surface area (Å²) in [6.45, 7) is 4.96. The number of nitrogens with one attached hydrogen (secondary N) is 1. The predicted molar refractivity (Wildman–Crippen MR) is 51.4 cm³/mol. The third-order valence-electron chi connectivity index (χ3n) is 2.31. The lowest BCUT2D eigenvalue weighted by molar-refractivity contribution is -0.131. The second kappa shape index (κ2) is 6.70. The molecule has 0 spiro atoms. The van der Waals surface area contributed by atoms with Crippen molar-refractivity contribution in [2.75, 3.05) is 20.1 Å². The maximum absolute atomic E-state index is 11.8. The maximum atomic E-state index is 11.8. The number of rotatable bonds is 6. The van der Waals surface area contributed by atoms with Gasteiger partial charge in [-0.15, -0.1) is 0 Å². The number of likely N-dealkylation sites (N-methyl/N-ethyl adjacent to an activating group) is 1. The first-order valence-electron chi connectivity index (χ1n) is 4.75. The summed E-state index contributed by atoms with van der Waals surface area (Å²) < 4.78 is 23.5. The molecular weight excluding hydrogens is 190 g/mol. The molecule has 1 N–H and O–H groups in total. The third-order valence-corrected chi connectivity index (χ3v) is 2.31. The summed E-state index contributed by atoms with van der Waals surface area (Å²) in [5, 5.41) is 2.16. The Labute approximate surface area is 83.5 Å². The summed E-state index contributed by atoms with van der Waals surface area (Å²) in [4.78, 5) is 12.5. The molecule has 0 aromatic rings. The topological polar surface area (TPSA) is 32.3 Å². The second-order valence-corrected chi connectivity index (χ2v) is 3.33. The fourth-order valence-electron chi connectivity index (χ4n) is 0.965. The molecule has 5 heteroatoms. The molecule has 0 aliphatic rings. The fraction of sp³-hybridized carbons (Fsp3) is 0.889. The Hall–Kier alpha value is -0.710. The number of carbonyl (C=O) groups is 1. The quantitative estimate of drug-likeness (QED) is 0.709. The van der Waals surface area contributed by atoms with Crippen LogP contribution in [0.5, 0.6) is 0 Å². The SMILES string of the molecule is CCC(C)N(C)CCNC(=O)C(F)F. The standard InChI is InChI=1S/C9H18F2N2O/c1-4-7(2)13(3)6-5-12-9(14)8(10)11/h7-8H,4-6H2,1-3H3,(H,12,14). The molecule has 0 aliphatic heterocycles. The highest BCUT2D eigenvalue weighted by molar-refractivity contribution is 5.78. The Bertz CT molecular complexity index is 176. The molecule has 1 amide bonds. The number of alkyl halides is 2. The highest BCUT2D eigenvalue weighted by Gasteiger charge is 2.14. The highest BCUT2D eigenvalue weighted by atomic mass is 19.3. The van der Waals surface area contributed by atoms with Gasteiger partial charge in [-0.1, -0.05) is 6.92 Å². The number of carbonyl (C=O) groups excluding carboxylic acids is 1. The van der Waals surface area contributed by atoms with Crippen molar-refractivity contribution < 1.29 is 13.6 Å². The van der Waals surface area contributed by atoms with Gasteiger partial charge in [-0.2, -0.15) is 8.78 Å².